The molecule has 5 rings (SSSR count). The molecular formula is C27H18BrN. The van der Waals surface area contributed by atoms with E-state index in [1.165, 1.54) is 44.5 Å². The van der Waals surface area contributed by atoms with Crippen LogP contribution in [-0.4, -0.2) is 0 Å². The second-order valence-electron chi connectivity index (χ2n) is 7.49. The number of hydrogen-bond donors (Lipinski definition) is 0. The first-order chi connectivity index (χ1) is 14.1. The fourth-order valence-electron chi connectivity index (χ4n) is 5.05. The van der Waals surface area contributed by atoms with Crippen LogP contribution >= 0.6 is 15.9 Å². The summed E-state index contributed by atoms with van der Waals surface area (Å²) in [6.07, 6.45) is 4.01. The van der Waals surface area contributed by atoms with Crippen molar-refractivity contribution in [3.05, 3.63) is 123 Å². The Bertz CT molecular complexity index is 1300. The van der Waals surface area contributed by atoms with Gasteiger partial charge in [0.2, 0.25) is 0 Å². The van der Waals surface area contributed by atoms with Crippen molar-refractivity contribution in [2.75, 3.05) is 0 Å². The second-order valence-corrected chi connectivity index (χ2v) is 8.40. The zero-order valence-corrected chi connectivity index (χ0v) is 17.6. The lowest BCUT2D eigenvalue weighted by molar-refractivity contribution is 0.785. The lowest BCUT2D eigenvalue weighted by Crippen LogP contribution is -2.27. The van der Waals surface area contributed by atoms with E-state index in [0.717, 1.165) is 4.48 Å². The molecule has 0 saturated carbocycles. The van der Waals surface area contributed by atoms with Crippen molar-refractivity contribution in [3.8, 4) is 17.2 Å². The Balaban J connectivity index is 2.00. The van der Waals surface area contributed by atoms with E-state index in [1.807, 2.05) is 12.1 Å². The molecule has 0 amide bonds. The maximum Gasteiger partial charge on any atom is 0.0991 e. The maximum absolute atomic E-state index is 9.62. The predicted octanol–water partition coefficient (Wildman–Crippen LogP) is 7.12. The first-order valence-electron chi connectivity index (χ1n) is 9.58. The van der Waals surface area contributed by atoms with Gasteiger partial charge in [-0.25, -0.2) is 0 Å². The van der Waals surface area contributed by atoms with Gasteiger partial charge in [0.25, 0.3) is 0 Å². The van der Waals surface area contributed by atoms with Gasteiger partial charge < -0.3 is 0 Å². The highest BCUT2D eigenvalue weighted by molar-refractivity contribution is 9.11. The molecule has 0 aliphatic heterocycles. The number of rotatable bonds is 2. The molecule has 3 aromatic rings. The summed E-state index contributed by atoms with van der Waals surface area (Å²) in [5.74, 6) is 0. The van der Waals surface area contributed by atoms with Gasteiger partial charge in [-0.1, -0.05) is 83.2 Å². The molecule has 2 heteroatoms. The van der Waals surface area contributed by atoms with Gasteiger partial charge in [-0.3, -0.25) is 0 Å². The van der Waals surface area contributed by atoms with Crippen LogP contribution in [0, 0.1) is 11.3 Å². The van der Waals surface area contributed by atoms with Crippen LogP contribution < -0.4 is 0 Å². The normalized spacial score (nSPS) is 19.0. The number of hydrogen-bond acceptors (Lipinski definition) is 1. The van der Waals surface area contributed by atoms with E-state index in [0.29, 0.717) is 5.56 Å². The van der Waals surface area contributed by atoms with Crippen molar-refractivity contribution in [2.45, 2.75) is 12.3 Å². The SMILES string of the molecule is C=C/C(Br)=C\C1=C(C)c2ccccc2C12c1ccccc1-c1ccc(C#N)cc12. The van der Waals surface area contributed by atoms with Crippen LogP contribution in [0.3, 0.4) is 0 Å². The average Bonchev–Trinajstić information content (AvgIpc) is 3.20. The van der Waals surface area contributed by atoms with Crippen LogP contribution in [0.15, 0.2) is 95.5 Å². The van der Waals surface area contributed by atoms with Crippen molar-refractivity contribution in [1.29, 1.82) is 5.26 Å². The number of fused-ring (bicyclic) bond motifs is 7. The third kappa shape index (κ3) is 2.26. The minimum atomic E-state index is -0.429. The monoisotopic (exact) mass is 435 g/mol. The van der Waals surface area contributed by atoms with E-state index in [9.17, 15) is 5.26 Å². The van der Waals surface area contributed by atoms with Crippen LogP contribution in [0.2, 0.25) is 0 Å². The van der Waals surface area contributed by atoms with E-state index in [2.05, 4.69) is 102 Å². The lowest BCUT2D eigenvalue weighted by Gasteiger charge is -2.31. The minimum absolute atomic E-state index is 0.429. The third-order valence-corrected chi connectivity index (χ3v) is 6.75. The van der Waals surface area contributed by atoms with Gasteiger partial charge in [0.05, 0.1) is 17.0 Å². The van der Waals surface area contributed by atoms with Crippen LogP contribution in [0.5, 0.6) is 0 Å². The highest BCUT2D eigenvalue weighted by atomic mass is 79.9. The van der Waals surface area contributed by atoms with Gasteiger partial charge in [-0.2, -0.15) is 5.26 Å². The molecule has 0 N–H and O–H groups in total. The van der Waals surface area contributed by atoms with E-state index in [1.54, 1.807) is 0 Å². The van der Waals surface area contributed by atoms with Gasteiger partial charge >= 0.3 is 0 Å². The third-order valence-electron chi connectivity index (χ3n) is 6.19. The molecule has 138 valence electrons. The largest absolute Gasteiger partial charge is 0.192 e. The summed E-state index contributed by atoms with van der Waals surface area (Å²) in [5, 5.41) is 9.62. The molecule has 0 heterocycles. The topological polar surface area (TPSA) is 23.8 Å². The molecule has 0 aromatic heterocycles. The zero-order chi connectivity index (χ0) is 20.2. The molecule has 1 nitrogen and oxygen atoms in total. The first-order valence-corrected chi connectivity index (χ1v) is 10.4. The van der Waals surface area contributed by atoms with Crippen LogP contribution in [-0.2, 0) is 5.41 Å². The van der Waals surface area contributed by atoms with Gasteiger partial charge in [0.15, 0.2) is 0 Å². The van der Waals surface area contributed by atoms with Crippen molar-refractivity contribution < 1.29 is 0 Å². The summed E-state index contributed by atoms with van der Waals surface area (Å²) in [7, 11) is 0. The molecular weight excluding hydrogens is 418 g/mol. The van der Waals surface area contributed by atoms with Crippen molar-refractivity contribution in [2.24, 2.45) is 0 Å². The van der Waals surface area contributed by atoms with Gasteiger partial charge in [-0.15, -0.1) is 0 Å². The Morgan fingerprint density at radius 3 is 2.24 bits per heavy atom. The molecule has 3 aromatic carbocycles. The highest BCUT2D eigenvalue weighted by Crippen LogP contribution is 2.62. The molecule has 29 heavy (non-hydrogen) atoms. The Labute approximate surface area is 179 Å². The standard InChI is InChI=1S/C27H18BrN/c1-3-19(28)15-25-17(2)20-8-4-6-10-23(20)27(25)24-11-7-5-9-21(24)22-13-12-18(16-29)14-26(22)27/h3-15H,1H2,2H3/b19-15+. The Kier molecular flexibility index (Phi) is 3.98. The smallest absolute Gasteiger partial charge is 0.0991 e. The fourth-order valence-corrected chi connectivity index (χ4v) is 5.28. The summed E-state index contributed by atoms with van der Waals surface area (Å²) in [6.45, 7) is 6.12. The van der Waals surface area contributed by atoms with Crippen molar-refractivity contribution in [3.63, 3.8) is 0 Å². The summed E-state index contributed by atoms with van der Waals surface area (Å²) in [6, 6.07) is 25.7. The molecule has 1 spiro atoms. The highest BCUT2D eigenvalue weighted by Gasteiger charge is 2.51. The van der Waals surface area contributed by atoms with E-state index < -0.39 is 5.41 Å². The van der Waals surface area contributed by atoms with E-state index >= 15 is 0 Å². The molecule has 2 aliphatic carbocycles. The summed E-state index contributed by atoms with van der Waals surface area (Å²) < 4.78 is 0.946. The van der Waals surface area contributed by atoms with Gasteiger partial charge in [-0.05, 0) is 69.7 Å². The fraction of sp³-hybridized carbons (Fsp3) is 0.0741. The molecule has 0 bridgehead atoms. The van der Waals surface area contributed by atoms with E-state index in [4.69, 9.17) is 0 Å². The Hall–Kier alpha value is -3.15. The molecule has 1 atom stereocenters. The molecule has 0 radical (unpaired) electrons. The van der Waals surface area contributed by atoms with E-state index in [-0.39, 0.29) is 0 Å². The Morgan fingerprint density at radius 1 is 0.931 bits per heavy atom. The van der Waals surface area contributed by atoms with Crippen LogP contribution in [0.1, 0.15) is 34.7 Å². The quantitative estimate of drug-likeness (QED) is 0.392. The number of halogens is 1. The molecule has 0 saturated heterocycles. The van der Waals surface area contributed by atoms with Gasteiger partial charge in [0.1, 0.15) is 0 Å². The zero-order valence-electron chi connectivity index (χ0n) is 16.0. The number of benzene rings is 3. The van der Waals surface area contributed by atoms with Gasteiger partial charge in [0, 0.05) is 4.48 Å². The van der Waals surface area contributed by atoms with Crippen molar-refractivity contribution in [1.82, 2.24) is 0 Å². The number of nitrogens with zero attached hydrogens (tertiary/aromatic N) is 1. The molecule has 0 fully saturated rings. The summed E-state index contributed by atoms with van der Waals surface area (Å²) in [5.41, 5.74) is 10.1. The van der Waals surface area contributed by atoms with Crippen LogP contribution in [0.4, 0.5) is 0 Å². The first kappa shape index (κ1) is 17.9. The molecule has 1 unspecified atom stereocenters. The summed E-state index contributed by atoms with van der Waals surface area (Å²) in [4.78, 5) is 0. The lowest BCUT2D eigenvalue weighted by atomic mass is 9.69. The maximum atomic E-state index is 9.62. The summed E-state index contributed by atoms with van der Waals surface area (Å²) >= 11 is 3.65. The second kappa shape index (κ2) is 6.44. The Morgan fingerprint density at radius 2 is 1.55 bits per heavy atom. The van der Waals surface area contributed by atoms with Crippen LogP contribution in [0.25, 0.3) is 16.7 Å². The average molecular weight is 436 g/mol. The molecule has 2 aliphatic rings. The number of nitriles is 1. The predicted molar refractivity (Wildman–Crippen MR) is 123 cm³/mol. The minimum Gasteiger partial charge on any atom is -0.192 e. The number of allylic oxidation sites excluding steroid dienone is 5. The van der Waals surface area contributed by atoms with Crippen molar-refractivity contribution >= 4 is 21.5 Å².